The van der Waals surface area contributed by atoms with Crippen molar-refractivity contribution in [3.8, 4) is 0 Å². The Bertz CT molecular complexity index is 448. The van der Waals surface area contributed by atoms with Crippen molar-refractivity contribution in [1.82, 2.24) is 9.80 Å². The molecule has 0 unspecified atom stereocenters. The molecule has 0 aromatic carbocycles. The zero-order valence-corrected chi connectivity index (χ0v) is 15.9. The predicted octanol–water partition coefficient (Wildman–Crippen LogP) is 2.69. The third-order valence-electron chi connectivity index (χ3n) is 5.56. The lowest BCUT2D eigenvalue weighted by Gasteiger charge is -2.42. The molecule has 2 rings (SSSR count). The van der Waals surface area contributed by atoms with Gasteiger partial charge in [0.2, 0.25) is 11.8 Å². The first-order valence-electron chi connectivity index (χ1n) is 9.29. The van der Waals surface area contributed by atoms with Crippen molar-refractivity contribution >= 4 is 11.8 Å². The first kappa shape index (κ1) is 19.2. The number of rotatable bonds is 4. The van der Waals surface area contributed by atoms with Gasteiger partial charge in [-0.1, -0.05) is 20.8 Å². The zero-order valence-electron chi connectivity index (χ0n) is 15.9. The fourth-order valence-corrected chi connectivity index (χ4v) is 3.89. The van der Waals surface area contributed by atoms with Crippen LogP contribution in [-0.4, -0.2) is 61.5 Å². The van der Waals surface area contributed by atoms with Gasteiger partial charge in [-0.3, -0.25) is 9.59 Å². The largest absolute Gasteiger partial charge is 0.383 e. The minimum atomic E-state index is 0.0444. The summed E-state index contributed by atoms with van der Waals surface area (Å²) in [5.41, 5.74) is 0.290. The molecular weight excluding hydrogens is 304 g/mol. The van der Waals surface area contributed by atoms with Crippen LogP contribution in [0.3, 0.4) is 0 Å². The maximum atomic E-state index is 12.4. The Morgan fingerprint density at radius 2 is 1.75 bits per heavy atom. The molecule has 0 radical (unpaired) electrons. The van der Waals surface area contributed by atoms with Gasteiger partial charge in [-0.15, -0.1) is 0 Å². The quantitative estimate of drug-likeness (QED) is 0.792. The van der Waals surface area contributed by atoms with Crippen LogP contribution in [0.4, 0.5) is 0 Å². The van der Waals surface area contributed by atoms with Crippen LogP contribution in [-0.2, 0) is 14.3 Å². The molecule has 0 N–H and O–H groups in total. The third kappa shape index (κ3) is 5.20. The molecule has 2 fully saturated rings. The van der Waals surface area contributed by atoms with Gasteiger partial charge in [0.25, 0.3) is 0 Å². The molecule has 2 saturated heterocycles. The van der Waals surface area contributed by atoms with Gasteiger partial charge in [0.15, 0.2) is 0 Å². The highest BCUT2D eigenvalue weighted by atomic mass is 16.5. The van der Waals surface area contributed by atoms with E-state index in [2.05, 4.69) is 20.8 Å². The summed E-state index contributed by atoms with van der Waals surface area (Å²) in [4.78, 5) is 28.7. The van der Waals surface area contributed by atoms with Crippen LogP contribution in [0, 0.1) is 10.8 Å². The number of hydrogen-bond acceptors (Lipinski definition) is 3. The number of amides is 2. The standard InChI is InChI=1S/C19H34N2O3/c1-18(2,3)15-17(23)20-10-7-19(8-11-20)6-5-16(22)21(12-9-19)13-14-24-4/h5-15H2,1-4H3. The Labute approximate surface area is 146 Å². The predicted molar refractivity (Wildman–Crippen MR) is 94.6 cm³/mol. The average molecular weight is 338 g/mol. The molecule has 0 bridgehead atoms. The minimum Gasteiger partial charge on any atom is -0.383 e. The van der Waals surface area contributed by atoms with Crippen LogP contribution in [0.15, 0.2) is 0 Å². The van der Waals surface area contributed by atoms with Crippen LogP contribution in [0.25, 0.3) is 0 Å². The van der Waals surface area contributed by atoms with Crippen molar-refractivity contribution in [3.63, 3.8) is 0 Å². The van der Waals surface area contributed by atoms with E-state index in [0.717, 1.165) is 45.3 Å². The van der Waals surface area contributed by atoms with Crippen molar-refractivity contribution in [2.75, 3.05) is 39.9 Å². The van der Waals surface area contributed by atoms with Crippen LogP contribution in [0.1, 0.15) is 59.3 Å². The van der Waals surface area contributed by atoms with Crippen LogP contribution in [0.5, 0.6) is 0 Å². The van der Waals surface area contributed by atoms with Gasteiger partial charge in [-0.05, 0) is 36.5 Å². The number of piperidine rings is 1. The van der Waals surface area contributed by atoms with Crippen LogP contribution in [0.2, 0.25) is 0 Å². The Hall–Kier alpha value is -1.10. The summed E-state index contributed by atoms with van der Waals surface area (Å²) in [5.74, 6) is 0.541. The molecule has 24 heavy (non-hydrogen) atoms. The normalized spacial score (nSPS) is 21.9. The Balaban J connectivity index is 1.88. The molecule has 5 heteroatoms. The van der Waals surface area contributed by atoms with E-state index in [1.807, 2.05) is 9.80 Å². The molecule has 2 aliphatic rings. The maximum absolute atomic E-state index is 12.4. The zero-order chi connectivity index (χ0) is 17.8. The monoisotopic (exact) mass is 338 g/mol. The van der Waals surface area contributed by atoms with Gasteiger partial charge in [0, 0.05) is 46.1 Å². The molecule has 5 nitrogen and oxygen atoms in total. The second-order valence-electron chi connectivity index (χ2n) is 8.74. The topological polar surface area (TPSA) is 49.9 Å². The fraction of sp³-hybridized carbons (Fsp3) is 0.895. The molecule has 0 aromatic heterocycles. The number of carbonyl (C=O) groups is 2. The average Bonchev–Trinajstić information content (AvgIpc) is 2.65. The number of carbonyl (C=O) groups excluding carboxylic acids is 2. The summed E-state index contributed by atoms with van der Waals surface area (Å²) in [6.07, 6.45) is 5.35. The third-order valence-corrected chi connectivity index (χ3v) is 5.56. The summed E-state index contributed by atoms with van der Waals surface area (Å²) in [7, 11) is 1.67. The van der Waals surface area contributed by atoms with E-state index in [0.29, 0.717) is 26.0 Å². The summed E-state index contributed by atoms with van der Waals surface area (Å²) >= 11 is 0. The van der Waals surface area contributed by atoms with E-state index in [9.17, 15) is 9.59 Å². The number of hydrogen-bond donors (Lipinski definition) is 0. The summed E-state index contributed by atoms with van der Waals surface area (Å²) in [5, 5.41) is 0. The van der Waals surface area contributed by atoms with Gasteiger partial charge >= 0.3 is 0 Å². The second kappa shape index (κ2) is 7.85. The molecule has 2 heterocycles. The summed E-state index contributed by atoms with van der Waals surface area (Å²) in [6, 6.07) is 0. The molecule has 1 spiro atoms. The Morgan fingerprint density at radius 3 is 2.33 bits per heavy atom. The van der Waals surface area contributed by atoms with E-state index in [4.69, 9.17) is 4.74 Å². The lowest BCUT2D eigenvalue weighted by atomic mass is 9.72. The van der Waals surface area contributed by atoms with Crippen molar-refractivity contribution in [1.29, 1.82) is 0 Å². The van der Waals surface area contributed by atoms with Gasteiger partial charge in [-0.25, -0.2) is 0 Å². The molecule has 0 aromatic rings. The lowest BCUT2D eigenvalue weighted by Crippen LogP contribution is -2.44. The van der Waals surface area contributed by atoms with Crippen molar-refractivity contribution < 1.29 is 14.3 Å². The highest BCUT2D eigenvalue weighted by molar-refractivity contribution is 5.77. The van der Waals surface area contributed by atoms with E-state index >= 15 is 0 Å². The molecule has 2 amide bonds. The van der Waals surface area contributed by atoms with Crippen LogP contribution >= 0.6 is 0 Å². The first-order chi connectivity index (χ1) is 11.2. The molecule has 138 valence electrons. The highest BCUT2D eigenvalue weighted by Crippen LogP contribution is 2.41. The van der Waals surface area contributed by atoms with Crippen molar-refractivity contribution in [3.05, 3.63) is 0 Å². The second-order valence-corrected chi connectivity index (χ2v) is 8.74. The number of ether oxygens (including phenoxy) is 1. The van der Waals surface area contributed by atoms with Gasteiger partial charge in [0.1, 0.15) is 0 Å². The van der Waals surface area contributed by atoms with Gasteiger partial charge in [0.05, 0.1) is 6.61 Å². The molecule has 0 saturated carbocycles. The van der Waals surface area contributed by atoms with Gasteiger partial charge < -0.3 is 14.5 Å². The smallest absolute Gasteiger partial charge is 0.223 e. The van der Waals surface area contributed by atoms with E-state index in [1.54, 1.807) is 7.11 Å². The highest BCUT2D eigenvalue weighted by Gasteiger charge is 2.39. The maximum Gasteiger partial charge on any atom is 0.223 e. The lowest BCUT2D eigenvalue weighted by molar-refractivity contribution is -0.135. The minimum absolute atomic E-state index is 0.0444. The van der Waals surface area contributed by atoms with E-state index < -0.39 is 0 Å². The van der Waals surface area contributed by atoms with Gasteiger partial charge in [-0.2, -0.15) is 0 Å². The first-order valence-corrected chi connectivity index (χ1v) is 9.29. The number of methoxy groups -OCH3 is 1. The van der Waals surface area contributed by atoms with E-state index in [1.165, 1.54) is 0 Å². The number of likely N-dealkylation sites (tertiary alicyclic amines) is 2. The summed E-state index contributed by atoms with van der Waals surface area (Å²) in [6.45, 7) is 10.2. The van der Waals surface area contributed by atoms with Crippen molar-refractivity contribution in [2.24, 2.45) is 10.8 Å². The van der Waals surface area contributed by atoms with Crippen LogP contribution < -0.4 is 0 Å². The fourth-order valence-electron chi connectivity index (χ4n) is 3.89. The van der Waals surface area contributed by atoms with Crippen molar-refractivity contribution in [2.45, 2.75) is 59.3 Å². The SMILES string of the molecule is COCCN1CCC2(CCC1=O)CCN(C(=O)CC(C)(C)C)CC2. The number of nitrogens with zero attached hydrogens (tertiary/aromatic N) is 2. The molecular formula is C19H34N2O3. The van der Waals surface area contributed by atoms with E-state index in [-0.39, 0.29) is 22.6 Å². The Morgan fingerprint density at radius 1 is 1.12 bits per heavy atom. The molecule has 2 aliphatic heterocycles. The molecule has 0 aliphatic carbocycles. The summed E-state index contributed by atoms with van der Waals surface area (Å²) < 4.78 is 5.11. The Kier molecular flexibility index (Phi) is 6.29. The molecule has 0 atom stereocenters.